The molecule has 2 aliphatic heterocycles. The number of alkyl halides is 2. The van der Waals surface area contributed by atoms with Crippen molar-refractivity contribution in [2.75, 3.05) is 30.8 Å². The lowest BCUT2D eigenvalue weighted by Crippen LogP contribution is -2.54. The molecule has 0 radical (unpaired) electrons. The van der Waals surface area contributed by atoms with Gasteiger partial charge in [-0.15, -0.1) is 0 Å². The number of imidazole rings is 1. The molecule has 2 fully saturated rings. The normalized spacial score (nSPS) is 22.4. The van der Waals surface area contributed by atoms with Crippen LogP contribution < -0.4 is 4.90 Å². The van der Waals surface area contributed by atoms with Gasteiger partial charge >= 0.3 is 0 Å². The van der Waals surface area contributed by atoms with Gasteiger partial charge in [-0.2, -0.15) is 9.40 Å². The maximum atomic E-state index is 13.8. The number of piperidine rings is 1. The van der Waals surface area contributed by atoms with Gasteiger partial charge in [-0.25, -0.2) is 36.7 Å². The summed E-state index contributed by atoms with van der Waals surface area (Å²) in [6.45, 7) is 1.56. The predicted molar refractivity (Wildman–Crippen MR) is 114 cm³/mol. The Kier molecular flexibility index (Phi) is 5.08. The molecule has 2 saturated heterocycles. The van der Waals surface area contributed by atoms with Crippen molar-refractivity contribution in [1.29, 1.82) is 0 Å². The van der Waals surface area contributed by atoms with Crippen LogP contribution in [0.25, 0.3) is 17.0 Å². The minimum atomic E-state index is -3.30. The molecule has 0 amide bonds. The zero-order valence-corrected chi connectivity index (χ0v) is 18.3. The average molecular weight is 464 g/mol. The second-order valence-corrected chi connectivity index (χ2v) is 10.4. The van der Waals surface area contributed by atoms with Gasteiger partial charge in [0.15, 0.2) is 5.65 Å². The third-order valence-electron chi connectivity index (χ3n) is 6.41. The summed E-state index contributed by atoms with van der Waals surface area (Å²) in [5.41, 5.74) is -0.00142. The standard InChI is InChI=1S/C20H23F2N7O2S/c1-32(30,31)27-10-7-20(12-27)6-2-3-9-28(20)16-11-14(23-13-24-16)18-17(19(21)22)26-15-5-4-8-25-29(15)18/h4-5,8,11,13,19H,2-3,6-7,9-10,12H2,1H3. The van der Waals surface area contributed by atoms with Crippen LogP contribution in [0.3, 0.4) is 0 Å². The summed E-state index contributed by atoms with van der Waals surface area (Å²) in [4.78, 5) is 14.9. The Labute approximate surface area is 184 Å². The van der Waals surface area contributed by atoms with Crippen molar-refractivity contribution < 1.29 is 17.2 Å². The first kappa shape index (κ1) is 21.1. The summed E-state index contributed by atoms with van der Waals surface area (Å²) in [5, 5.41) is 4.18. The predicted octanol–water partition coefficient (Wildman–Crippen LogP) is 2.52. The number of hydrogen-bond acceptors (Lipinski definition) is 7. The fourth-order valence-corrected chi connectivity index (χ4v) is 5.80. The minimum Gasteiger partial charge on any atom is -0.349 e. The highest BCUT2D eigenvalue weighted by atomic mass is 32.2. The molecular formula is C20H23F2N7O2S. The molecule has 0 bridgehead atoms. The summed E-state index contributed by atoms with van der Waals surface area (Å²) in [5.74, 6) is 0.594. The van der Waals surface area contributed by atoms with E-state index in [9.17, 15) is 17.2 Å². The van der Waals surface area contributed by atoms with E-state index >= 15 is 0 Å². The molecule has 170 valence electrons. The Morgan fingerprint density at radius 1 is 1.16 bits per heavy atom. The number of fused-ring (bicyclic) bond motifs is 1. The molecule has 1 spiro atoms. The lowest BCUT2D eigenvalue weighted by molar-refractivity contribution is 0.147. The van der Waals surface area contributed by atoms with E-state index in [4.69, 9.17) is 0 Å². The van der Waals surface area contributed by atoms with Gasteiger partial charge in [0.25, 0.3) is 6.43 Å². The van der Waals surface area contributed by atoms with Gasteiger partial charge in [0.1, 0.15) is 23.5 Å². The first-order chi connectivity index (χ1) is 15.3. The first-order valence-corrected chi connectivity index (χ1v) is 12.3. The average Bonchev–Trinajstić information content (AvgIpc) is 3.37. The second kappa shape index (κ2) is 7.69. The monoisotopic (exact) mass is 463 g/mol. The molecular weight excluding hydrogens is 440 g/mol. The van der Waals surface area contributed by atoms with Gasteiger partial charge in [0.05, 0.1) is 17.5 Å². The largest absolute Gasteiger partial charge is 0.349 e. The van der Waals surface area contributed by atoms with E-state index < -0.39 is 16.4 Å². The lowest BCUT2D eigenvalue weighted by Gasteiger charge is -2.45. The van der Waals surface area contributed by atoms with Crippen LogP contribution in [0, 0.1) is 0 Å². The number of anilines is 1. The third kappa shape index (κ3) is 3.51. The number of sulfonamides is 1. The highest BCUT2D eigenvalue weighted by molar-refractivity contribution is 7.88. The highest BCUT2D eigenvalue weighted by Gasteiger charge is 2.47. The smallest absolute Gasteiger partial charge is 0.282 e. The molecule has 0 N–H and O–H groups in total. The molecule has 0 saturated carbocycles. The summed E-state index contributed by atoms with van der Waals surface area (Å²) < 4.78 is 54.7. The molecule has 1 atom stereocenters. The zero-order chi connectivity index (χ0) is 22.5. The van der Waals surface area contributed by atoms with Gasteiger partial charge in [-0.1, -0.05) is 0 Å². The van der Waals surface area contributed by atoms with E-state index in [1.165, 1.54) is 27.6 Å². The Bertz CT molecular complexity index is 1270. The van der Waals surface area contributed by atoms with Gasteiger partial charge in [-0.3, -0.25) is 0 Å². The van der Waals surface area contributed by atoms with Crippen molar-refractivity contribution in [1.82, 2.24) is 28.9 Å². The molecule has 32 heavy (non-hydrogen) atoms. The first-order valence-electron chi connectivity index (χ1n) is 10.5. The molecule has 5 rings (SSSR count). The summed E-state index contributed by atoms with van der Waals surface area (Å²) in [7, 11) is -3.30. The van der Waals surface area contributed by atoms with Crippen LogP contribution >= 0.6 is 0 Å². The quantitative estimate of drug-likeness (QED) is 0.587. The molecule has 9 nitrogen and oxygen atoms in total. The number of hydrogen-bond donors (Lipinski definition) is 0. The molecule has 1 unspecified atom stereocenters. The fourth-order valence-electron chi connectivity index (χ4n) is 4.90. The topological polar surface area (TPSA) is 96.6 Å². The van der Waals surface area contributed by atoms with E-state index in [0.29, 0.717) is 43.2 Å². The van der Waals surface area contributed by atoms with Crippen molar-refractivity contribution >= 4 is 21.5 Å². The number of halogens is 2. The summed E-state index contributed by atoms with van der Waals surface area (Å²) in [6.07, 6.45) is 4.78. The second-order valence-electron chi connectivity index (χ2n) is 8.38. The van der Waals surface area contributed by atoms with Gasteiger partial charge in [0.2, 0.25) is 10.0 Å². The van der Waals surface area contributed by atoms with Crippen molar-refractivity contribution in [2.45, 2.75) is 37.6 Å². The molecule has 3 aromatic rings. The highest BCUT2D eigenvalue weighted by Crippen LogP contribution is 2.40. The van der Waals surface area contributed by atoms with Crippen molar-refractivity contribution in [3.8, 4) is 11.4 Å². The Morgan fingerprint density at radius 3 is 2.75 bits per heavy atom. The SMILES string of the molecule is CS(=O)(=O)N1CCC2(CCCCN2c2cc(-c3c(C(F)F)nc4cccnn34)ncn2)C1. The van der Waals surface area contributed by atoms with Crippen molar-refractivity contribution in [3.63, 3.8) is 0 Å². The minimum absolute atomic E-state index is 0.134. The zero-order valence-electron chi connectivity index (χ0n) is 17.5. The molecule has 0 aliphatic carbocycles. The third-order valence-corrected chi connectivity index (χ3v) is 7.66. The van der Waals surface area contributed by atoms with E-state index in [1.54, 1.807) is 18.2 Å². The Morgan fingerprint density at radius 2 is 2.00 bits per heavy atom. The number of rotatable bonds is 4. The molecule has 2 aliphatic rings. The maximum Gasteiger partial charge on any atom is 0.282 e. The van der Waals surface area contributed by atoms with Crippen LogP contribution in [0.4, 0.5) is 14.6 Å². The van der Waals surface area contributed by atoms with E-state index in [0.717, 1.165) is 19.3 Å². The Hall–Kier alpha value is -2.73. The van der Waals surface area contributed by atoms with Crippen molar-refractivity contribution in [3.05, 3.63) is 36.4 Å². The molecule has 0 aromatic carbocycles. The lowest BCUT2D eigenvalue weighted by atomic mass is 9.85. The van der Waals surface area contributed by atoms with Crippen LogP contribution in [-0.4, -0.2) is 68.7 Å². The van der Waals surface area contributed by atoms with Crippen LogP contribution in [0.2, 0.25) is 0 Å². The van der Waals surface area contributed by atoms with Gasteiger partial charge in [-0.05, 0) is 37.8 Å². The molecule has 12 heteroatoms. The van der Waals surface area contributed by atoms with Gasteiger partial charge in [0, 0.05) is 31.9 Å². The van der Waals surface area contributed by atoms with Crippen LogP contribution in [0.1, 0.15) is 37.8 Å². The Balaban J connectivity index is 1.58. The number of nitrogens with zero attached hydrogens (tertiary/aromatic N) is 7. The van der Waals surface area contributed by atoms with E-state index in [2.05, 4.69) is 25.0 Å². The molecule has 5 heterocycles. The van der Waals surface area contributed by atoms with E-state index in [1.807, 2.05) is 0 Å². The van der Waals surface area contributed by atoms with Crippen molar-refractivity contribution in [2.24, 2.45) is 0 Å². The molecule has 3 aromatic heterocycles. The fraction of sp³-hybridized carbons (Fsp3) is 0.500. The van der Waals surface area contributed by atoms with Crippen LogP contribution in [0.5, 0.6) is 0 Å². The van der Waals surface area contributed by atoms with Gasteiger partial charge < -0.3 is 4.90 Å². The van der Waals surface area contributed by atoms with Crippen LogP contribution in [0.15, 0.2) is 30.7 Å². The summed E-state index contributed by atoms with van der Waals surface area (Å²) in [6, 6.07) is 4.93. The number of aromatic nitrogens is 5. The van der Waals surface area contributed by atoms with E-state index in [-0.39, 0.29) is 16.9 Å². The maximum absolute atomic E-state index is 13.8. The van der Waals surface area contributed by atoms with Crippen LogP contribution in [-0.2, 0) is 10.0 Å². The summed E-state index contributed by atoms with van der Waals surface area (Å²) >= 11 is 0.